The van der Waals surface area contributed by atoms with Crippen LogP contribution in [0.25, 0.3) is 0 Å². The maximum absolute atomic E-state index is 11.9. The van der Waals surface area contributed by atoms with Crippen molar-refractivity contribution in [1.29, 1.82) is 0 Å². The molecule has 0 atom stereocenters. The van der Waals surface area contributed by atoms with Gasteiger partial charge in [0, 0.05) is 31.6 Å². The summed E-state index contributed by atoms with van der Waals surface area (Å²) in [6.07, 6.45) is 0. The van der Waals surface area contributed by atoms with E-state index >= 15 is 0 Å². The highest BCUT2D eigenvalue weighted by atomic mass is 32.1. The molecule has 1 aromatic heterocycles. The summed E-state index contributed by atoms with van der Waals surface area (Å²) in [7, 11) is 0. The molecule has 1 saturated heterocycles. The Labute approximate surface area is 112 Å². The maximum atomic E-state index is 11.9. The van der Waals surface area contributed by atoms with Crippen LogP contribution in [0.1, 0.15) is 17.6 Å². The van der Waals surface area contributed by atoms with Gasteiger partial charge in [0.05, 0.1) is 17.2 Å². The van der Waals surface area contributed by atoms with Crippen molar-refractivity contribution in [2.75, 3.05) is 32.7 Å². The van der Waals surface area contributed by atoms with Crippen LogP contribution in [0.15, 0.2) is 5.38 Å². The predicted molar refractivity (Wildman–Crippen MR) is 72.8 cm³/mol. The van der Waals surface area contributed by atoms with Crippen LogP contribution in [0.3, 0.4) is 0 Å². The van der Waals surface area contributed by atoms with Crippen LogP contribution in [0.2, 0.25) is 0 Å². The van der Waals surface area contributed by atoms with Crippen LogP contribution in [0.5, 0.6) is 0 Å². The molecule has 0 unspecified atom stereocenters. The molecule has 2 amide bonds. The number of piperazine rings is 1. The molecule has 1 fully saturated rings. The van der Waals surface area contributed by atoms with E-state index in [1.54, 1.807) is 11.3 Å². The standard InChI is InChI=1S/C12H20N4OS/c1-3-15-4-6-16(7-5-15)12(17)13-8-11-9-18-10(2)14-11/h9H,3-8H2,1-2H3,(H,13,17). The van der Waals surface area contributed by atoms with E-state index in [1.165, 1.54) is 0 Å². The molecule has 18 heavy (non-hydrogen) atoms. The van der Waals surface area contributed by atoms with E-state index in [4.69, 9.17) is 0 Å². The molecule has 0 bridgehead atoms. The third-order valence-corrected chi connectivity index (χ3v) is 4.02. The van der Waals surface area contributed by atoms with Crippen molar-refractivity contribution in [3.8, 4) is 0 Å². The van der Waals surface area contributed by atoms with Gasteiger partial charge in [-0.15, -0.1) is 11.3 Å². The molecule has 2 heterocycles. The molecule has 2 rings (SSSR count). The number of aromatic nitrogens is 1. The molecule has 1 aliphatic heterocycles. The molecule has 0 aliphatic carbocycles. The Morgan fingerprint density at radius 3 is 2.72 bits per heavy atom. The number of amides is 2. The lowest BCUT2D eigenvalue weighted by molar-refractivity contribution is 0.142. The number of nitrogens with zero attached hydrogens (tertiary/aromatic N) is 3. The van der Waals surface area contributed by atoms with Gasteiger partial charge in [-0.25, -0.2) is 9.78 Å². The zero-order chi connectivity index (χ0) is 13.0. The highest BCUT2D eigenvalue weighted by Gasteiger charge is 2.19. The fraction of sp³-hybridized carbons (Fsp3) is 0.667. The molecular formula is C12H20N4OS. The smallest absolute Gasteiger partial charge is 0.317 e. The van der Waals surface area contributed by atoms with Crippen LogP contribution in [0.4, 0.5) is 4.79 Å². The topological polar surface area (TPSA) is 48.5 Å². The summed E-state index contributed by atoms with van der Waals surface area (Å²) < 4.78 is 0. The van der Waals surface area contributed by atoms with Gasteiger partial charge in [-0.3, -0.25) is 0 Å². The van der Waals surface area contributed by atoms with E-state index < -0.39 is 0 Å². The Balaban J connectivity index is 1.75. The fourth-order valence-corrected chi connectivity index (χ4v) is 2.65. The number of likely N-dealkylation sites (N-methyl/N-ethyl adjacent to an activating group) is 1. The van der Waals surface area contributed by atoms with Crippen molar-refractivity contribution in [3.63, 3.8) is 0 Å². The molecule has 0 saturated carbocycles. The van der Waals surface area contributed by atoms with Gasteiger partial charge in [-0.2, -0.15) is 0 Å². The molecule has 1 aliphatic rings. The van der Waals surface area contributed by atoms with E-state index in [0.717, 1.165) is 43.4 Å². The van der Waals surface area contributed by atoms with E-state index in [-0.39, 0.29) is 6.03 Å². The van der Waals surface area contributed by atoms with Crippen LogP contribution < -0.4 is 5.32 Å². The normalized spacial score (nSPS) is 16.9. The molecule has 6 heteroatoms. The maximum Gasteiger partial charge on any atom is 0.317 e. The first-order valence-electron chi connectivity index (χ1n) is 6.35. The Hall–Kier alpha value is -1.14. The molecule has 0 aromatic carbocycles. The van der Waals surface area contributed by atoms with Gasteiger partial charge in [-0.1, -0.05) is 6.92 Å². The SMILES string of the molecule is CCN1CCN(C(=O)NCc2csc(C)n2)CC1. The molecule has 0 spiro atoms. The van der Waals surface area contributed by atoms with E-state index in [2.05, 4.69) is 22.1 Å². The van der Waals surface area contributed by atoms with Crippen molar-refractivity contribution in [2.24, 2.45) is 0 Å². The average molecular weight is 268 g/mol. The Kier molecular flexibility index (Phi) is 4.54. The van der Waals surface area contributed by atoms with Crippen LogP contribution >= 0.6 is 11.3 Å². The van der Waals surface area contributed by atoms with Gasteiger partial charge in [-0.05, 0) is 13.5 Å². The largest absolute Gasteiger partial charge is 0.332 e. The molecule has 100 valence electrons. The van der Waals surface area contributed by atoms with E-state index in [9.17, 15) is 4.79 Å². The van der Waals surface area contributed by atoms with Gasteiger partial charge in [0.2, 0.25) is 0 Å². The second kappa shape index (κ2) is 6.15. The number of nitrogens with one attached hydrogen (secondary N) is 1. The third-order valence-electron chi connectivity index (χ3n) is 3.19. The number of aryl methyl sites for hydroxylation is 1. The first-order chi connectivity index (χ1) is 8.69. The summed E-state index contributed by atoms with van der Waals surface area (Å²) in [6.45, 7) is 9.29. The Morgan fingerprint density at radius 1 is 1.44 bits per heavy atom. The summed E-state index contributed by atoms with van der Waals surface area (Å²) in [5, 5.41) is 5.96. The monoisotopic (exact) mass is 268 g/mol. The Bertz CT molecular complexity index is 399. The molecule has 1 N–H and O–H groups in total. The number of hydrogen-bond acceptors (Lipinski definition) is 4. The van der Waals surface area contributed by atoms with Gasteiger partial charge < -0.3 is 15.1 Å². The zero-order valence-corrected chi connectivity index (χ0v) is 11.8. The molecule has 1 aromatic rings. The zero-order valence-electron chi connectivity index (χ0n) is 11.0. The van der Waals surface area contributed by atoms with Gasteiger partial charge in [0.1, 0.15) is 0 Å². The lowest BCUT2D eigenvalue weighted by Crippen LogP contribution is -2.51. The molecule has 0 radical (unpaired) electrons. The van der Waals surface area contributed by atoms with Crippen molar-refractivity contribution in [3.05, 3.63) is 16.1 Å². The third kappa shape index (κ3) is 3.43. The highest BCUT2D eigenvalue weighted by Crippen LogP contribution is 2.08. The number of rotatable bonds is 3. The number of hydrogen-bond donors (Lipinski definition) is 1. The van der Waals surface area contributed by atoms with Gasteiger partial charge >= 0.3 is 6.03 Å². The second-order valence-corrected chi connectivity index (χ2v) is 5.50. The molecule has 5 nitrogen and oxygen atoms in total. The fourth-order valence-electron chi connectivity index (χ4n) is 2.03. The quantitative estimate of drug-likeness (QED) is 0.899. The summed E-state index contributed by atoms with van der Waals surface area (Å²) in [5.74, 6) is 0. The lowest BCUT2D eigenvalue weighted by atomic mass is 10.3. The summed E-state index contributed by atoms with van der Waals surface area (Å²) in [5.41, 5.74) is 0.943. The van der Waals surface area contributed by atoms with Crippen molar-refractivity contribution < 1.29 is 4.79 Å². The predicted octanol–water partition coefficient (Wildman–Crippen LogP) is 1.30. The van der Waals surface area contributed by atoms with Gasteiger partial charge in [0.25, 0.3) is 0 Å². The minimum absolute atomic E-state index is 0.0245. The first kappa shape index (κ1) is 13.3. The van der Waals surface area contributed by atoms with Crippen LogP contribution in [-0.4, -0.2) is 53.5 Å². The summed E-state index contributed by atoms with van der Waals surface area (Å²) >= 11 is 1.61. The second-order valence-electron chi connectivity index (χ2n) is 4.44. The minimum Gasteiger partial charge on any atom is -0.332 e. The highest BCUT2D eigenvalue weighted by molar-refractivity contribution is 7.09. The average Bonchev–Trinajstić information content (AvgIpc) is 2.82. The van der Waals surface area contributed by atoms with E-state index in [1.807, 2.05) is 17.2 Å². The number of carbonyl (C=O) groups is 1. The Morgan fingerprint density at radius 2 is 2.17 bits per heavy atom. The molecular weight excluding hydrogens is 248 g/mol. The number of carbonyl (C=O) groups excluding carboxylic acids is 1. The first-order valence-corrected chi connectivity index (χ1v) is 7.23. The van der Waals surface area contributed by atoms with Crippen LogP contribution in [-0.2, 0) is 6.54 Å². The number of thiazole rings is 1. The van der Waals surface area contributed by atoms with E-state index in [0.29, 0.717) is 6.54 Å². The van der Waals surface area contributed by atoms with Crippen molar-refractivity contribution >= 4 is 17.4 Å². The summed E-state index contributed by atoms with van der Waals surface area (Å²) in [6, 6.07) is 0.0245. The minimum atomic E-state index is 0.0245. The van der Waals surface area contributed by atoms with Crippen LogP contribution in [0, 0.1) is 6.92 Å². The summed E-state index contributed by atoms with van der Waals surface area (Å²) in [4.78, 5) is 20.5. The lowest BCUT2D eigenvalue weighted by Gasteiger charge is -2.33. The van der Waals surface area contributed by atoms with Crippen molar-refractivity contribution in [2.45, 2.75) is 20.4 Å². The van der Waals surface area contributed by atoms with Gasteiger partial charge in [0.15, 0.2) is 0 Å². The number of urea groups is 1. The van der Waals surface area contributed by atoms with Crippen molar-refractivity contribution in [1.82, 2.24) is 20.1 Å².